The van der Waals surface area contributed by atoms with Crippen LogP contribution in [0, 0.1) is 0 Å². The Hall–Kier alpha value is -2.46. The fourth-order valence-corrected chi connectivity index (χ4v) is 2.42. The molecule has 1 aromatic heterocycles. The molecule has 3 aromatic rings. The van der Waals surface area contributed by atoms with Crippen LogP contribution in [0.2, 0.25) is 0 Å². The third kappa shape index (κ3) is 3.01. The molecule has 1 heterocycles. The summed E-state index contributed by atoms with van der Waals surface area (Å²) in [5.74, 6) is 0.906. The molecule has 4 nitrogen and oxygen atoms in total. The standard InChI is InChI=1S/C17H17N3O/c1-21-17-9-8-13(15-6-2-3-7-16(15)17)11-18-12-14-5-4-10-19-20-14/h2-10,18H,11-12H2,1H3. The smallest absolute Gasteiger partial charge is 0.126 e. The van der Waals surface area contributed by atoms with Crippen LogP contribution in [-0.2, 0) is 13.1 Å². The highest BCUT2D eigenvalue weighted by atomic mass is 16.5. The molecular weight excluding hydrogens is 262 g/mol. The molecule has 21 heavy (non-hydrogen) atoms. The van der Waals surface area contributed by atoms with Crippen LogP contribution in [0.4, 0.5) is 0 Å². The molecule has 1 N–H and O–H groups in total. The minimum absolute atomic E-state index is 0.703. The number of benzene rings is 2. The molecule has 0 unspecified atom stereocenters. The van der Waals surface area contributed by atoms with E-state index < -0.39 is 0 Å². The quantitative estimate of drug-likeness (QED) is 0.780. The molecular formula is C17H17N3O. The highest BCUT2D eigenvalue weighted by molar-refractivity contribution is 5.91. The Labute approximate surface area is 123 Å². The SMILES string of the molecule is COc1ccc(CNCc2cccnn2)c2ccccc12. The Morgan fingerprint density at radius 3 is 2.57 bits per heavy atom. The highest BCUT2D eigenvalue weighted by Gasteiger charge is 2.05. The number of hydrogen-bond acceptors (Lipinski definition) is 4. The molecule has 3 rings (SSSR count). The van der Waals surface area contributed by atoms with Gasteiger partial charge >= 0.3 is 0 Å². The summed E-state index contributed by atoms with van der Waals surface area (Å²) in [7, 11) is 1.70. The number of aromatic nitrogens is 2. The maximum atomic E-state index is 5.42. The summed E-state index contributed by atoms with van der Waals surface area (Å²) in [6.45, 7) is 1.48. The molecule has 0 saturated heterocycles. The summed E-state index contributed by atoms with van der Waals surface area (Å²) in [4.78, 5) is 0. The Balaban J connectivity index is 1.78. The van der Waals surface area contributed by atoms with Gasteiger partial charge in [-0.25, -0.2) is 0 Å². The van der Waals surface area contributed by atoms with Gasteiger partial charge in [0.25, 0.3) is 0 Å². The lowest BCUT2D eigenvalue weighted by molar-refractivity contribution is 0.419. The van der Waals surface area contributed by atoms with E-state index in [4.69, 9.17) is 4.74 Å². The van der Waals surface area contributed by atoms with Crippen LogP contribution < -0.4 is 10.1 Å². The summed E-state index contributed by atoms with van der Waals surface area (Å²) in [6.07, 6.45) is 1.68. The van der Waals surface area contributed by atoms with Crippen LogP contribution in [-0.4, -0.2) is 17.3 Å². The van der Waals surface area contributed by atoms with Crippen molar-refractivity contribution in [1.82, 2.24) is 15.5 Å². The molecule has 0 fully saturated rings. The van der Waals surface area contributed by atoms with Gasteiger partial charge in [-0.2, -0.15) is 10.2 Å². The molecule has 2 aromatic carbocycles. The maximum Gasteiger partial charge on any atom is 0.126 e. The lowest BCUT2D eigenvalue weighted by atomic mass is 10.0. The monoisotopic (exact) mass is 279 g/mol. The van der Waals surface area contributed by atoms with Gasteiger partial charge in [0.2, 0.25) is 0 Å². The van der Waals surface area contributed by atoms with Crippen LogP contribution in [0.1, 0.15) is 11.3 Å². The van der Waals surface area contributed by atoms with Gasteiger partial charge in [-0.3, -0.25) is 0 Å². The largest absolute Gasteiger partial charge is 0.496 e. The van der Waals surface area contributed by atoms with E-state index >= 15 is 0 Å². The van der Waals surface area contributed by atoms with Crippen LogP contribution in [0.5, 0.6) is 5.75 Å². The van der Waals surface area contributed by atoms with Gasteiger partial charge in [-0.1, -0.05) is 30.3 Å². The molecule has 0 amide bonds. The van der Waals surface area contributed by atoms with Gasteiger partial charge in [0, 0.05) is 24.7 Å². The number of nitrogens with one attached hydrogen (secondary N) is 1. The number of methoxy groups -OCH3 is 1. The topological polar surface area (TPSA) is 47.0 Å². The first-order valence-electron chi connectivity index (χ1n) is 6.90. The Morgan fingerprint density at radius 2 is 1.81 bits per heavy atom. The highest BCUT2D eigenvalue weighted by Crippen LogP contribution is 2.28. The van der Waals surface area contributed by atoms with Crippen LogP contribution in [0.25, 0.3) is 10.8 Å². The molecule has 0 saturated carbocycles. The summed E-state index contributed by atoms with van der Waals surface area (Å²) in [6, 6.07) is 16.3. The zero-order valence-corrected chi connectivity index (χ0v) is 11.9. The van der Waals surface area contributed by atoms with Gasteiger partial charge in [0.05, 0.1) is 12.8 Å². The minimum Gasteiger partial charge on any atom is -0.496 e. The predicted molar refractivity (Wildman–Crippen MR) is 83.1 cm³/mol. The minimum atomic E-state index is 0.703. The average Bonchev–Trinajstić information content (AvgIpc) is 2.56. The van der Waals surface area contributed by atoms with Crippen molar-refractivity contribution in [1.29, 1.82) is 0 Å². The second-order valence-corrected chi connectivity index (χ2v) is 4.79. The van der Waals surface area contributed by atoms with Crippen LogP contribution in [0.15, 0.2) is 54.7 Å². The fourth-order valence-electron chi connectivity index (χ4n) is 2.42. The summed E-state index contributed by atoms with van der Waals surface area (Å²) in [5, 5.41) is 13.7. The summed E-state index contributed by atoms with van der Waals surface area (Å²) < 4.78 is 5.42. The fraction of sp³-hybridized carbons (Fsp3) is 0.176. The van der Waals surface area contributed by atoms with Gasteiger partial charge in [-0.15, -0.1) is 0 Å². The first-order valence-corrected chi connectivity index (χ1v) is 6.90. The lowest BCUT2D eigenvalue weighted by Crippen LogP contribution is -2.14. The van der Waals surface area contributed by atoms with E-state index in [1.165, 1.54) is 10.9 Å². The summed E-state index contributed by atoms with van der Waals surface area (Å²) >= 11 is 0. The number of nitrogens with zero attached hydrogens (tertiary/aromatic N) is 2. The molecule has 0 aliphatic heterocycles. The molecule has 0 atom stereocenters. The normalized spacial score (nSPS) is 10.7. The first kappa shape index (κ1) is 13.5. The van der Waals surface area contributed by atoms with Gasteiger partial charge in [-0.05, 0) is 29.1 Å². The maximum absolute atomic E-state index is 5.42. The first-order chi connectivity index (χ1) is 10.4. The number of hydrogen-bond donors (Lipinski definition) is 1. The van der Waals surface area contributed by atoms with Crippen molar-refractivity contribution in [3.05, 3.63) is 66.0 Å². The second kappa shape index (κ2) is 6.33. The van der Waals surface area contributed by atoms with Gasteiger partial charge < -0.3 is 10.1 Å². The van der Waals surface area contributed by atoms with E-state index in [9.17, 15) is 0 Å². The second-order valence-electron chi connectivity index (χ2n) is 4.79. The average molecular weight is 279 g/mol. The van der Waals surface area contributed by atoms with E-state index in [0.29, 0.717) is 6.54 Å². The zero-order chi connectivity index (χ0) is 14.5. The zero-order valence-electron chi connectivity index (χ0n) is 11.9. The van der Waals surface area contributed by atoms with Gasteiger partial charge in [0.15, 0.2) is 0 Å². The number of rotatable bonds is 5. The van der Waals surface area contributed by atoms with Crippen LogP contribution in [0.3, 0.4) is 0 Å². The van der Waals surface area contributed by atoms with Crippen molar-refractivity contribution in [2.75, 3.05) is 7.11 Å². The van der Waals surface area contributed by atoms with E-state index in [0.717, 1.165) is 23.4 Å². The van der Waals surface area contributed by atoms with E-state index in [2.05, 4.69) is 33.7 Å². The Morgan fingerprint density at radius 1 is 0.952 bits per heavy atom. The van der Waals surface area contributed by atoms with E-state index in [-0.39, 0.29) is 0 Å². The Bertz CT molecular complexity index is 728. The lowest BCUT2D eigenvalue weighted by Gasteiger charge is -2.11. The summed E-state index contributed by atoms with van der Waals surface area (Å²) in [5.41, 5.74) is 2.19. The molecule has 0 spiro atoms. The van der Waals surface area contributed by atoms with Gasteiger partial charge in [0.1, 0.15) is 5.75 Å². The molecule has 0 aliphatic carbocycles. The molecule has 0 radical (unpaired) electrons. The van der Waals surface area contributed by atoms with Crippen molar-refractivity contribution in [3.63, 3.8) is 0 Å². The van der Waals surface area contributed by atoms with Crippen molar-refractivity contribution in [3.8, 4) is 5.75 Å². The molecule has 4 heteroatoms. The van der Waals surface area contributed by atoms with Crippen molar-refractivity contribution < 1.29 is 4.74 Å². The van der Waals surface area contributed by atoms with E-state index in [1.807, 2.05) is 30.3 Å². The molecule has 106 valence electrons. The molecule has 0 bridgehead atoms. The third-order valence-corrected chi connectivity index (χ3v) is 3.44. The van der Waals surface area contributed by atoms with Crippen LogP contribution >= 0.6 is 0 Å². The van der Waals surface area contributed by atoms with Crippen molar-refractivity contribution in [2.45, 2.75) is 13.1 Å². The predicted octanol–water partition coefficient (Wildman–Crippen LogP) is 2.93. The van der Waals surface area contributed by atoms with Crippen molar-refractivity contribution in [2.24, 2.45) is 0 Å². The van der Waals surface area contributed by atoms with Crippen molar-refractivity contribution >= 4 is 10.8 Å². The third-order valence-electron chi connectivity index (χ3n) is 3.44. The van der Waals surface area contributed by atoms with E-state index in [1.54, 1.807) is 13.3 Å². The Kier molecular flexibility index (Phi) is 4.07. The number of ether oxygens (including phenoxy) is 1. The number of fused-ring (bicyclic) bond motifs is 1. The molecule has 0 aliphatic rings.